The number of benzene rings is 1. The molecule has 0 heterocycles. The van der Waals surface area contributed by atoms with Crippen molar-refractivity contribution in [2.45, 2.75) is 59.5 Å². The van der Waals surface area contributed by atoms with Gasteiger partial charge in [-0.15, -0.1) is 0 Å². The zero-order chi connectivity index (χ0) is 17.2. The summed E-state index contributed by atoms with van der Waals surface area (Å²) >= 11 is 0. The molecular formula is C19H28O4. The van der Waals surface area contributed by atoms with Crippen molar-refractivity contribution in [3.05, 3.63) is 35.4 Å². The quantitative estimate of drug-likeness (QED) is 0.492. The van der Waals surface area contributed by atoms with Crippen molar-refractivity contribution in [1.29, 1.82) is 0 Å². The van der Waals surface area contributed by atoms with Crippen molar-refractivity contribution in [2.75, 3.05) is 6.61 Å². The van der Waals surface area contributed by atoms with E-state index in [1.165, 1.54) is 6.07 Å². The van der Waals surface area contributed by atoms with E-state index in [0.29, 0.717) is 23.7 Å². The summed E-state index contributed by atoms with van der Waals surface area (Å²) in [5.74, 6) is -0.206. The molecule has 23 heavy (non-hydrogen) atoms. The molecule has 0 aliphatic carbocycles. The minimum Gasteiger partial charge on any atom is -0.462 e. The van der Waals surface area contributed by atoms with Crippen LogP contribution in [0.5, 0.6) is 0 Å². The molecule has 0 bridgehead atoms. The highest BCUT2D eigenvalue weighted by Crippen LogP contribution is 2.12. The predicted molar refractivity (Wildman–Crippen MR) is 90.6 cm³/mol. The summed E-state index contributed by atoms with van der Waals surface area (Å²) in [5.41, 5.74) is 0.761. The second kappa shape index (κ2) is 10.0. The average Bonchev–Trinajstić information content (AvgIpc) is 2.51. The second-order valence-electron chi connectivity index (χ2n) is 6.26. The number of carbonyl (C=O) groups is 2. The highest BCUT2D eigenvalue weighted by Gasteiger charge is 2.14. The number of hydrogen-bond donors (Lipinski definition) is 0. The molecular weight excluding hydrogens is 292 g/mol. The van der Waals surface area contributed by atoms with Crippen LogP contribution in [0.25, 0.3) is 0 Å². The first-order valence-electron chi connectivity index (χ1n) is 8.42. The molecule has 0 amide bonds. The van der Waals surface area contributed by atoms with Gasteiger partial charge >= 0.3 is 11.9 Å². The zero-order valence-electron chi connectivity index (χ0n) is 14.6. The van der Waals surface area contributed by atoms with Crippen LogP contribution >= 0.6 is 0 Å². The van der Waals surface area contributed by atoms with Crippen LogP contribution in [0.4, 0.5) is 0 Å². The highest BCUT2D eigenvalue weighted by molar-refractivity contribution is 5.95. The average molecular weight is 320 g/mol. The van der Waals surface area contributed by atoms with Gasteiger partial charge in [-0.1, -0.05) is 33.3 Å². The molecule has 1 aromatic carbocycles. The largest absolute Gasteiger partial charge is 0.462 e. The normalized spacial score (nSPS) is 12.0. The Morgan fingerprint density at radius 2 is 1.70 bits per heavy atom. The summed E-state index contributed by atoms with van der Waals surface area (Å²) in [4.78, 5) is 24.1. The smallest absolute Gasteiger partial charge is 0.338 e. The fraction of sp³-hybridized carbons (Fsp3) is 0.579. The molecule has 1 unspecified atom stereocenters. The first-order valence-corrected chi connectivity index (χ1v) is 8.42. The van der Waals surface area contributed by atoms with Gasteiger partial charge < -0.3 is 9.47 Å². The molecule has 1 atom stereocenters. The van der Waals surface area contributed by atoms with Crippen LogP contribution in [0.2, 0.25) is 0 Å². The molecule has 1 aromatic rings. The lowest BCUT2D eigenvalue weighted by Crippen LogP contribution is -2.15. The maximum atomic E-state index is 12.1. The fourth-order valence-electron chi connectivity index (χ4n) is 2.23. The summed E-state index contributed by atoms with van der Waals surface area (Å²) in [6.07, 6.45) is 3.52. The lowest BCUT2D eigenvalue weighted by atomic mass is 10.1. The first kappa shape index (κ1) is 19.2. The van der Waals surface area contributed by atoms with Crippen LogP contribution < -0.4 is 0 Å². The molecule has 4 nitrogen and oxygen atoms in total. The molecule has 128 valence electrons. The number of esters is 2. The van der Waals surface area contributed by atoms with Gasteiger partial charge in [-0.25, -0.2) is 9.59 Å². The van der Waals surface area contributed by atoms with Crippen LogP contribution in [0, 0.1) is 5.92 Å². The van der Waals surface area contributed by atoms with Gasteiger partial charge in [0.05, 0.1) is 23.8 Å². The van der Waals surface area contributed by atoms with Crippen molar-refractivity contribution in [3.8, 4) is 0 Å². The van der Waals surface area contributed by atoms with Gasteiger partial charge in [0.2, 0.25) is 0 Å². The third kappa shape index (κ3) is 7.31. The predicted octanol–water partition coefficient (Wildman–Crippen LogP) is 4.63. The standard InChI is InChI=1S/C19H28O4/c1-5-8-15(4)23-19(21)17-11-6-10-16(13-17)18(20)22-12-7-9-14(2)3/h6,10-11,13-15H,5,7-9,12H2,1-4H3. The minimum absolute atomic E-state index is 0.126. The maximum Gasteiger partial charge on any atom is 0.338 e. The summed E-state index contributed by atoms with van der Waals surface area (Å²) in [6.45, 7) is 8.58. The number of hydrogen-bond acceptors (Lipinski definition) is 4. The van der Waals surface area contributed by atoms with E-state index in [1.54, 1.807) is 18.2 Å². The molecule has 1 rings (SSSR count). The van der Waals surface area contributed by atoms with Crippen LogP contribution in [-0.4, -0.2) is 24.6 Å². The number of carbonyl (C=O) groups excluding carboxylic acids is 2. The van der Waals surface area contributed by atoms with Crippen molar-refractivity contribution in [1.82, 2.24) is 0 Å². The van der Waals surface area contributed by atoms with Crippen molar-refractivity contribution in [3.63, 3.8) is 0 Å². The summed E-state index contributed by atoms with van der Waals surface area (Å²) in [7, 11) is 0. The molecule has 0 radical (unpaired) electrons. The SMILES string of the molecule is CCCC(C)OC(=O)c1cccc(C(=O)OCCCC(C)C)c1. The molecule has 0 aliphatic heterocycles. The van der Waals surface area contributed by atoms with Gasteiger partial charge in [0.25, 0.3) is 0 Å². The minimum atomic E-state index is -0.402. The third-order valence-corrected chi connectivity index (χ3v) is 3.50. The Labute approximate surface area is 139 Å². The van der Waals surface area contributed by atoms with Crippen LogP contribution in [-0.2, 0) is 9.47 Å². The first-order chi connectivity index (χ1) is 10.9. The zero-order valence-corrected chi connectivity index (χ0v) is 14.6. The number of rotatable bonds is 9. The van der Waals surface area contributed by atoms with E-state index in [4.69, 9.17) is 9.47 Å². The Hall–Kier alpha value is -1.84. The molecule has 0 aromatic heterocycles. The van der Waals surface area contributed by atoms with E-state index in [-0.39, 0.29) is 6.10 Å². The maximum absolute atomic E-state index is 12.1. The third-order valence-electron chi connectivity index (χ3n) is 3.50. The van der Waals surface area contributed by atoms with Crippen LogP contribution in [0.15, 0.2) is 24.3 Å². The van der Waals surface area contributed by atoms with Gasteiger partial charge in [-0.05, 0) is 50.3 Å². The van der Waals surface area contributed by atoms with E-state index in [2.05, 4.69) is 13.8 Å². The van der Waals surface area contributed by atoms with Crippen molar-refractivity contribution < 1.29 is 19.1 Å². The Morgan fingerprint density at radius 3 is 2.30 bits per heavy atom. The fourth-order valence-corrected chi connectivity index (χ4v) is 2.23. The summed E-state index contributed by atoms with van der Waals surface area (Å²) < 4.78 is 10.6. The van der Waals surface area contributed by atoms with E-state index in [0.717, 1.165) is 25.7 Å². The molecule has 0 spiro atoms. The van der Waals surface area contributed by atoms with Gasteiger partial charge in [0.15, 0.2) is 0 Å². The van der Waals surface area contributed by atoms with Gasteiger partial charge in [0.1, 0.15) is 0 Å². The molecule has 4 heteroatoms. The summed E-state index contributed by atoms with van der Waals surface area (Å²) in [5, 5.41) is 0. The molecule has 0 aliphatic rings. The summed E-state index contributed by atoms with van der Waals surface area (Å²) in [6, 6.07) is 6.51. The second-order valence-corrected chi connectivity index (χ2v) is 6.26. The van der Waals surface area contributed by atoms with Gasteiger partial charge in [0, 0.05) is 0 Å². The Kier molecular flexibility index (Phi) is 8.38. The molecule has 0 fully saturated rings. The van der Waals surface area contributed by atoms with E-state index < -0.39 is 11.9 Å². The Bertz CT molecular complexity index is 508. The van der Waals surface area contributed by atoms with Gasteiger partial charge in [-0.2, -0.15) is 0 Å². The Morgan fingerprint density at radius 1 is 1.04 bits per heavy atom. The monoisotopic (exact) mass is 320 g/mol. The van der Waals surface area contributed by atoms with E-state index in [1.807, 2.05) is 13.8 Å². The Balaban J connectivity index is 2.58. The van der Waals surface area contributed by atoms with Crippen molar-refractivity contribution >= 4 is 11.9 Å². The lowest BCUT2D eigenvalue weighted by Gasteiger charge is -2.12. The molecule has 0 saturated heterocycles. The highest BCUT2D eigenvalue weighted by atomic mass is 16.5. The van der Waals surface area contributed by atoms with E-state index in [9.17, 15) is 9.59 Å². The van der Waals surface area contributed by atoms with Crippen molar-refractivity contribution in [2.24, 2.45) is 5.92 Å². The number of ether oxygens (including phenoxy) is 2. The van der Waals surface area contributed by atoms with Crippen LogP contribution in [0.1, 0.15) is 74.1 Å². The van der Waals surface area contributed by atoms with Crippen LogP contribution in [0.3, 0.4) is 0 Å². The topological polar surface area (TPSA) is 52.6 Å². The molecule has 0 saturated carbocycles. The van der Waals surface area contributed by atoms with E-state index >= 15 is 0 Å². The van der Waals surface area contributed by atoms with Gasteiger partial charge in [-0.3, -0.25) is 0 Å². The molecule has 0 N–H and O–H groups in total. The lowest BCUT2D eigenvalue weighted by molar-refractivity contribution is 0.0323.